The van der Waals surface area contributed by atoms with Crippen molar-refractivity contribution in [3.8, 4) is 0 Å². The summed E-state index contributed by atoms with van der Waals surface area (Å²) in [4.78, 5) is 11.1. The first-order chi connectivity index (χ1) is 7.36. The van der Waals surface area contributed by atoms with Crippen LogP contribution in [0.15, 0.2) is 0 Å². The first kappa shape index (κ1) is 12.1. The smallest absolute Gasteiger partial charge is 0.123 e. The summed E-state index contributed by atoms with van der Waals surface area (Å²) in [6.45, 7) is 11.8. The van der Waals surface area contributed by atoms with Gasteiger partial charge in [-0.1, -0.05) is 34.6 Å². The third-order valence-corrected chi connectivity index (χ3v) is 5.06. The molecule has 0 N–H and O–H groups in total. The van der Waals surface area contributed by atoms with Gasteiger partial charge in [0.25, 0.3) is 0 Å². The van der Waals surface area contributed by atoms with Crippen molar-refractivity contribution in [1.29, 1.82) is 0 Å². The lowest BCUT2D eigenvalue weighted by Crippen LogP contribution is -2.39. The van der Waals surface area contributed by atoms with Gasteiger partial charge in [0.2, 0.25) is 0 Å². The Morgan fingerprint density at radius 1 is 1.19 bits per heavy atom. The average molecular weight is 222 g/mol. The van der Waals surface area contributed by atoms with Gasteiger partial charge in [0.15, 0.2) is 0 Å². The van der Waals surface area contributed by atoms with Gasteiger partial charge >= 0.3 is 0 Å². The standard InChI is InChI=1S/C15H26O/c1-9(2)13-10-6-11(8-16)12(7-10)14(13)15(3,4)5/h8-14H,6-7H2,1-5H3. The van der Waals surface area contributed by atoms with Gasteiger partial charge in [-0.3, -0.25) is 0 Å². The Labute approximate surface area is 100.0 Å². The van der Waals surface area contributed by atoms with E-state index < -0.39 is 0 Å². The van der Waals surface area contributed by atoms with Crippen LogP contribution in [0, 0.1) is 40.9 Å². The molecule has 2 saturated carbocycles. The molecule has 1 heteroatoms. The summed E-state index contributed by atoms with van der Waals surface area (Å²) in [7, 11) is 0. The molecule has 2 rings (SSSR count). The topological polar surface area (TPSA) is 17.1 Å². The van der Waals surface area contributed by atoms with Crippen molar-refractivity contribution in [3.63, 3.8) is 0 Å². The minimum absolute atomic E-state index is 0.357. The van der Waals surface area contributed by atoms with Gasteiger partial charge in [0, 0.05) is 5.92 Å². The van der Waals surface area contributed by atoms with E-state index in [9.17, 15) is 4.79 Å². The molecular formula is C15H26O. The molecule has 1 nitrogen and oxygen atoms in total. The van der Waals surface area contributed by atoms with Crippen LogP contribution >= 0.6 is 0 Å². The second-order valence-electron chi connectivity index (χ2n) is 7.41. The third kappa shape index (κ3) is 1.72. The molecule has 2 aliphatic carbocycles. The zero-order chi connectivity index (χ0) is 12.1. The van der Waals surface area contributed by atoms with Crippen LogP contribution in [0.2, 0.25) is 0 Å². The van der Waals surface area contributed by atoms with E-state index >= 15 is 0 Å². The number of rotatable bonds is 2. The Kier molecular flexibility index (Phi) is 2.92. The first-order valence-electron chi connectivity index (χ1n) is 6.81. The molecule has 92 valence electrons. The summed E-state index contributed by atoms with van der Waals surface area (Å²) in [6.07, 6.45) is 3.72. The van der Waals surface area contributed by atoms with Crippen molar-refractivity contribution >= 4 is 6.29 Å². The predicted molar refractivity (Wildman–Crippen MR) is 67.0 cm³/mol. The zero-order valence-corrected chi connectivity index (χ0v) is 11.4. The molecule has 5 atom stereocenters. The highest BCUT2D eigenvalue weighted by Crippen LogP contribution is 2.61. The van der Waals surface area contributed by atoms with E-state index in [4.69, 9.17) is 0 Å². The van der Waals surface area contributed by atoms with Gasteiger partial charge in [-0.25, -0.2) is 0 Å². The molecule has 0 aromatic heterocycles. The highest BCUT2D eigenvalue weighted by molar-refractivity contribution is 5.55. The van der Waals surface area contributed by atoms with Crippen molar-refractivity contribution in [1.82, 2.24) is 0 Å². The van der Waals surface area contributed by atoms with Crippen LogP contribution in [0.3, 0.4) is 0 Å². The van der Waals surface area contributed by atoms with E-state index in [2.05, 4.69) is 34.6 Å². The number of hydrogen-bond acceptors (Lipinski definition) is 1. The Hall–Kier alpha value is -0.330. The van der Waals surface area contributed by atoms with E-state index in [1.54, 1.807) is 0 Å². The molecule has 0 heterocycles. The van der Waals surface area contributed by atoms with Crippen LogP contribution in [-0.2, 0) is 4.79 Å². The van der Waals surface area contributed by atoms with Crippen molar-refractivity contribution < 1.29 is 4.79 Å². The van der Waals surface area contributed by atoms with Crippen molar-refractivity contribution in [2.45, 2.75) is 47.5 Å². The van der Waals surface area contributed by atoms with Crippen LogP contribution in [0.25, 0.3) is 0 Å². The minimum atomic E-state index is 0.357. The molecule has 2 bridgehead atoms. The van der Waals surface area contributed by atoms with Crippen molar-refractivity contribution in [2.75, 3.05) is 0 Å². The fraction of sp³-hybridized carbons (Fsp3) is 0.933. The van der Waals surface area contributed by atoms with E-state index in [1.807, 2.05) is 0 Å². The summed E-state index contributed by atoms with van der Waals surface area (Å²) < 4.78 is 0. The van der Waals surface area contributed by atoms with Gasteiger partial charge in [-0.2, -0.15) is 0 Å². The van der Waals surface area contributed by atoms with E-state index in [1.165, 1.54) is 19.1 Å². The lowest BCUT2D eigenvalue weighted by Gasteiger charge is -2.44. The van der Waals surface area contributed by atoms with Crippen LogP contribution in [0.5, 0.6) is 0 Å². The predicted octanol–water partition coefficient (Wildman–Crippen LogP) is 3.78. The molecule has 0 aliphatic heterocycles. The summed E-state index contributed by atoms with van der Waals surface area (Å²) in [6, 6.07) is 0. The van der Waals surface area contributed by atoms with Gasteiger partial charge in [-0.05, 0) is 47.8 Å². The number of hydrogen-bond donors (Lipinski definition) is 0. The van der Waals surface area contributed by atoms with Gasteiger partial charge in [0.05, 0.1) is 0 Å². The SMILES string of the molecule is CC(C)C1C2CC(C=O)C(C2)C1C(C)(C)C. The molecular weight excluding hydrogens is 196 g/mol. The molecule has 0 spiro atoms. The third-order valence-electron chi connectivity index (χ3n) is 5.06. The lowest BCUT2D eigenvalue weighted by molar-refractivity contribution is -0.114. The number of carbonyl (C=O) groups excluding carboxylic acids is 1. The Morgan fingerprint density at radius 3 is 2.25 bits per heavy atom. The summed E-state index contributed by atoms with van der Waals surface area (Å²) in [5, 5.41) is 0. The molecule has 5 unspecified atom stereocenters. The molecule has 0 amide bonds. The molecule has 2 aliphatic rings. The molecule has 2 fully saturated rings. The molecule has 0 aromatic carbocycles. The summed E-state index contributed by atoms with van der Waals surface area (Å²) in [5.74, 6) is 4.23. The van der Waals surface area contributed by atoms with Crippen molar-refractivity contribution in [3.05, 3.63) is 0 Å². The summed E-state index contributed by atoms with van der Waals surface area (Å²) >= 11 is 0. The van der Waals surface area contributed by atoms with Crippen LogP contribution in [0.1, 0.15) is 47.5 Å². The normalized spacial score (nSPS) is 43.0. The van der Waals surface area contributed by atoms with Crippen LogP contribution in [0.4, 0.5) is 0 Å². The molecule has 0 radical (unpaired) electrons. The maximum Gasteiger partial charge on any atom is 0.123 e. The Balaban J connectivity index is 2.28. The van der Waals surface area contributed by atoms with Crippen LogP contribution < -0.4 is 0 Å². The fourth-order valence-corrected chi connectivity index (χ4v) is 4.79. The van der Waals surface area contributed by atoms with Gasteiger partial charge in [-0.15, -0.1) is 0 Å². The second kappa shape index (κ2) is 3.85. The van der Waals surface area contributed by atoms with Crippen molar-refractivity contribution in [2.24, 2.45) is 40.9 Å². The molecule has 0 aromatic rings. The average Bonchev–Trinajstić information content (AvgIpc) is 2.71. The second-order valence-corrected chi connectivity index (χ2v) is 7.41. The largest absolute Gasteiger partial charge is 0.303 e. The quantitative estimate of drug-likeness (QED) is 0.650. The van der Waals surface area contributed by atoms with Gasteiger partial charge < -0.3 is 4.79 Å². The first-order valence-corrected chi connectivity index (χ1v) is 6.81. The highest BCUT2D eigenvalue weighted by atomic mass is 16.1. The number of carbonyl (C=O) groups is 1. The monoisotopic (exact) mass is 222 g/mol. The van der Waals surface area contributed by atoms with E-state index in [0.717, 1.165) is 23.7 Å². The summed E-state index contributed by atoms with van der Waals surface area (Å²) in [5.41, 5.74) is 0.357. The van der Waals surface area contributed by atoms with E-state index in [0.29, 0.717) is 17.3 Å². The highest BCUT2D eigenvalue weighted by Gasteiger charge is 2.56. The maximum atomic E-state index is 11.1. The number of fused-ring (bicyclic) bond motifs is 2. The fourth-order valence-electron chi connectivity index (χ4n) is 4.79. The molecule has 16 heavy (non-hydrogen) atoms. The Bertz CT molecular complexity index is 274. The van der Waals surface area contributed by atoms with E-state index in [-0.39, 0.29) is 0 Å². The lowest BCUT2D eigenvalue weighted by atomic mass is 9.61. The minimum Gasteiger partial charge on any atom is -0.303 e. The Morgan fingerprint density at radius 2 is 1.81 bits per heavy atom. The van der Waals surface area contributed by atoms with Gasteiger partial charge in [0.1, 0.15) is 6.29 Å². The number of aldehydes is 1. The molecule has 0 saturated heterocycles. The maximum absolute atomic E-state index is 11.1. The zero-order valence-electron chi connectivity index (χ0n) is 11.4. The van der Waals surface area contributed by atoms with Crippen LogP contribution in [-0.4, -0.2) is 6.29 Å².